The van der Waals surface area contributed by atoms with Crippen LogP contribution in [-0.2, 0) is 0 Å². The number of amides is 1. The highest BCUT2D eigenvalue weighted by molar-refractivity contribution is 9.10. The van der Waals surface area contributed by atoms with Gasteiger partial charge >= 0.3 is 0 Å². The number of aromatic nitrogens is 1. The van der Waals surface area contributed by atoms with Gasteiger partial charge in [0.25, 0.3) is 5.91 Å². The van der Waals surface area contributed by atoms with E-state index in [9.17, 15) is 9.18 Å². The molecule has 0 atom stereocenters. The van der Waals surface area contributed by atoms with Crippen LogP contribution < -0.4 is 4.90 Å². The summed E-state index contributed by atoms with van der Waals surface area (Å²) in [6.07, 6.45) is 0. The molecule has 1 heterocycles. The molecule has 0 saturated carbocycles. The molecule has 3 rings (SSSR count). The first-order valence-electron chi connectivity index (χ1n) is 7.07. The number of hydrogen-bond acceptors (Lipinski definition) is 2. The van der Waals surface area contributed by atoms with Crippen molar-refractivity contribution in [2.24, 2.45) is 0 Å². The van der Waals surface area contributed by atoms with Crippen LogP contribution in [0.5, 0.6) is 0 Å². The van der Waals surface area contributed by atoms with Gasteiger partial charge in [-0.15, -0.1) is 0 Å². The average Bonchev–Trinajstić information content (AvgIpc) is 2.53. The predicted molar refractivity (Wildman–Crippen MR) is 93.3 cm³/mol. The molecule has 1 aromatic heterocycles. The molecule has 3 nitrogen and oxygen atoms in total. The van der Waals surface area contributed by atoms with E-state index in [4.69, 9.17) is 0 Å². The van der Waals surface area contributed by atoms with Crippen LogP contribution in [-0.4, -0.2) is 17.9 Å². The number of para-hydroxylation sites is 1. The predicted octanol–water partition coefficient (Wildman–Crippen LogP) is 4.72. The summed E-state index contributed by atoms with van der Waals surface area (Å²) in [7, 11) is 1.56. The molecule has 23 heavy (non-hydrogen) atoms. The Morgan fingerprint density at radius 1 is 1.17 bits per heavy atom. The zero-order valence-corrected chi connectivity index (χ0v) is 14.3. The quantitative estimate of drug-likeness (QED) is 0.651. The third-order valence-corrected chi connectivity index (χ3v) is 4.21. The van der Waals surface area contributed by atoms with Crippen molar-refractivity contribution in [1.29, 1.82) is 0 Å². The third-order valence-electron chi connectivity index (χ3n) is 3.72. The summed E-state index contributed by atoms with van der Waals surface area (Å²) in [6, 6.07) is 14.0. The molecule has 0 radical (unpaired) electrons. The van der Waals surface area contributed by atoms with Crippen molar-refractivity contribution < 1.29 is 9.18 Å². The first kappa shape index (κ1) is 15.6. The van der Waals surface area contributed by atoms with Crippen LogP contribution in [0.1, 0.15) is 16.1 Å². The standard InChI is InChI=1S/C18H14BrFN2O/c1-11-14(9-12-5-3-4-6-16(12)21-11)18(23)22(2)17-8-7-13(19)10-15(17)20/h3-10H,1-2H3. The van der Waals surface area contributed by atoms with Crippen molar-refractivity contribution in [3.8, 4) is 0 Å². The van der Waals surface area contributed by atoms with Gasteiger partial charge in [0.2, 0.25) is 0 Å². The van der Waals surface area contributed by atoms with Crippen LogP contribution in [0.2, 0.25) is 0 Å². The molecule has 0 aliphatic rings. The van der Waals surface area contributed by atoms with E-state index in [1.807, 2.05) is 24.3 Å². The van der Waals surface area contributed by atoms with E-state index >= 15 is 0 Å². The lowest BCUT2D eigenvalue weighted by molar-refractivity contribution is 0.0991. The summed E-state index contributed by atoms with van der Waals surface area (Å²) in [5, 5.41) is 0.881. The van der Waals surface area contributed by atoms with Gasteiger partial charge < -0.3 is 4.90 Å². The van der Waals surface area contributed by atoms with Crippen molar-refractivity contribution >= 4 is 38.4 Å². The second-order valence-corrected chi connectivity index (χ2v) is 6.19. The summed E-state index contributed by atoms with van der Waals surface area (Å²) in [5.41, 5.74) is 2.15. The van der Waals surface area contributed by atoms with Gasteiger partial charge in [-0.1, -0.05) is 34.1 Å². The largest absolute Gasteiger partial charge is 0.309 e. The van der Waals surface area contributed by atoms with E-state index in [2.05, 4.69) is 20.9 Å². The lowest BCUT2D eigenvalue weighted by atomic mass is 10.1. The Balaban J connectivity index is 2.04. The molecule has 0 saturated heterocycles. The minimum Gasteiger partial charge on any atom is -0.309 e. The number of nitrogens with zero attached hydrogens (tertiary/aromatic N) is 2. The number of fused-ring (bicyclic) bond motifs is 1. The number of benzene rings is 2. The minimum absolute atomic E-state index is 0.228. The third kappa shape index (κ3) is 2.97. The van der Waals surface area contributed by atoms with Gasteiger partial charge in [-0.3, -0.25) is 9.78 Å². The summed E-state index contributed by atoms with van der Waals surface area (Å²) in [4.78, 5) is 18.5. The fourth-order valence-electron chi connectivity index (χ4n) is 2.47. The van der Waals surface area contributed by atoms with Crippen LogP contribution in [0, 0.1) is 12.7 Å². The molecule has 0 aliphatic carbocycles. The second kappa shape index (κ2) is 6.08. The van der Waals surface area contributed by atoms with Gasteiger partial charge in [-0.2, -0.15) is 0 Å². The zero-order chi connectivity index (χ0) is 16.6. The van der Waals surface area contributed by atoms with Crippen molar-refractivity contribution in [3.63, 3.8) is 0 Å². The number of rotatable bonds is 2. The number of aryl methyl sites for hydroxylation is 1. The molecule has 3 aromatic rings. The molecule has 116 valence electrons. The van der Waals surface area contributed by atoms with Crippen molar-refractivity contribution in [2.75, 3.05) is 11.9 Å². The van der Waals surface area contributed by atoms with E-state index in [0.29, 0.717) is 15.7 Å². The van der Waals surface area contributed by atoms with Gasteiger partial charge in [0.1, 0.15) is 5.82 Å². The highest BCUT2D eigenvalue weighted by atomic mass is 79.9. The molecule has 0 aliphatic heterocycles. The normalized spacial score (nSPS) is 10.8. The monoisotopic (exact) mass is 372 g/mol. The molecule has 1 amide bonds. The van der Waals surface area contributed by atoms with Crippen LogP contribution in [0.3, 0.4) is 0 Å². The van der Waals surface area contributed by atoms with Gasteiger partial charge in [-0.05, 0) is 37.3 Å². The van der Waals surface area contributed by atoms with Crippen LogP contribution in [0.4, 0.5) is 10.1 Å². The van der Waals surface area contributed by atoms with Gasteiger partial charge in [0.15, 0.2) is 0 Å². The van der Waals surface area contributed by atoms with E-state index in [-0.39, 0.29) is 11.6 Å². The Bertz CT molecular complexity index is 911. The van der Waals surface area contributed by atoms with Crippen LogP contribution in [0.25, 0.3) is 10.9 Å². The van der Waals surface area contributed by atoms with E-state index in [1.165, 1.54) is 11.0 Å². The van der Waals surface area contributed by atoms with Gasteiger partial charge in [0.05, 0.1) is 22.5 Å². The summed E-state index contributed by atoms with van der Waals surface area (Å²) in [6.45, 7) is 1.78. The molecule has 2 aromatic carbocycles. The highest BCUT2D eigenvalue weighted by Crippen LogP contribution is 2.25. The number of anilines is 1. The lowest BCUT2D eigenvalue weighted by Crippen LogP contribution is -2.28. The van der Waals surface area contributed by atoms with Gasteiger partial charge in [0, 0.05) is 16.9 Å². The van der Waals surface area contributed by atoms with Crippen molar-refractivity contribution in [3.05, 3.63) is 70.1 Å². The first-order valence-corrected chi connectivity index (χ1v) is 7.86. The molecule has 0 unspecified atom stereocenters. The highest BCUT2D eigenvalue weighted by Gasteiger charge is 2.19. The maximum absolute atomic E-state index is 14.1. The van der Waals surface area contributed by atoms with Crippen LogP contribution >= 0.6 is 15.9 Å². The number of pyridine rings is 1. The van der Waals surface area contributed by atoms with Crippen molar-refractivity contribution in [2.45, 2.75) is 6.92 Å². The number of hydrogen-bond donors (Lipinski definition) is 0. The van der Waals surface area contributed by atoms with E-state index < -0.39 is 5.82 Å². The Morgan fingerprint density at radius 2 is 1.91 bits per heavy atom. The van der Waals surface area contributed by atoms with Crippen LogP contribution in [0.15, 0.2) is 53.0 Å². The summed E-state index contributed by atoms with van der Waals surface area (Å²) < 4.78 is 14.7. The maximum Gasteiger partial charge on any atom is 0.259 e. The zero-order valence-electron chi connectivity index (χ0n) is 12.7. The second-order valence-electron chi connectivity index (χ2n) is 5.27. The molecule has 0 fully saturated rings. The fraction of sp³-hybridized carbons (Fsp3) is 0.111. The number of carbonyl (C=O) groups is 1. The van der Waals surface area contributed by atoms with Crippen molar-refractivity contribution in [1.82, 2.24) is 4.98 Å². The molecule has 0 bridgehead atoms. The Labute approximate surface area is 141 Å². The Hall–Kier alpha value is -2.27. The summed E-state index contributed by atoms with van der Waals surface area (Å²) >= 11 is 3.21. The number of carbonyl (C=O) groups excluding carboxylic acids is 1. The average molecular weight is 373 g/mol. The molecular weight excluding hydrogens is 359 g/mol. The lowest BCUT2D eigenvalue weighted by Gasteiger charge is -2.19. The number of halogens is 2. The minimum atomic E-state index is -0.457. The smallest absolute Gasteiger partial charge is 0.259 e. The molecular formula is C18H14BrFN2O. The van der Waals surface area contributed by atoms with Gasteiger partial charge in [-0.25, -0.2) is 4.39 Å². The SMILES string of the molecule is Cc1nc2ccccc2cc1C(=O)N(C)c1ccc(Br)cc1F. The van der Waals surface area contributed by atoms with E-state index in [0.717, 1.165) is 10.9 Å². The molecule has 0 spiro atoms. The fourth-order valence-corrected chi connectivity index (χ4v) is 2.81. The maximum atomic E-state index is 14.1. The Kier molecular flexibility index (Phi) is 4.13. The Morgan fingerprint density at radius 3 is 2.65 bits per heavy atom. The molecule has 5 heteroatoms. The molecule has 0 N–H and O–H groups in total. The summed E-state index contributed by atoms with van der Waals surface area (Å²) in [5.74, 6) is -0.747. The first-order chi connectivity index (χ1) is 11.0. The van der Waals surface area contributed by atoms with E-state index in [1.54, 1.807) is 32.2 Å². The topological polar surface area (TPSA) is 33.2 Å².